The van der Waals surface area contributed by atoms with Gasteiger partial charge in [-0.1, -0.05) is 72.3 Å². The number of benzene rings is 3. The fourth-order valence-electron chi connectivity index (χ4n) is 3.58. The van der Waals surface area contributed by atoms with Crippen LogP contribution in [0.3, 0.4) is 0 Å². The molecule has 4 rings (SSSR count). The summed E-state index contributed by atoms with van der Waals surface area (Å²) in [5, 5.41) is 5.28. The first kappa shape index (κ1) is 20.6. The fourth-order valence-corrected chi connectivity index (χ4v) is 3.79. The average molecular weight is 438 g/mol. The van der Waals surface area contributed by atoms with E-state index in [1.807, 2.05) is 0 Å². The van der Waals surface area contributed by atoms with Gasteiger partial charge < -0.3 is 10.6 Å². The first-order chi connectivity index (χ1) is 14.9. The Kier molecular flexibility index (Phi) is 5.44. The van der Waals surface area contributed by atoms with E-state index < -0.39 is 35.7 Å². The highest BCUT2D eigenvalue weighted by atomic mass is 35.5. The number of carbonyl (C=O) groups excluding carboxylic acids is 3. The maximum atomic E-state index is 13.5. The minimum absolute atomic E-state index is 0.00784. The van der Waals surface area contributed by atoms with Crippen LogP contribution in [0.2, 0.25) is 5.02 Å². The van der Waals surface area contributed by atoms with Crippen LogP contribution in [-0.4, -0.2) is 29.3 Å². The summed E-state index contributed by atoms with van der Waals surface area (Å²) in [6.45, 7) is -0.528. The largest absolute Gasteiger partial charge is 0.326 e. The van der Waals surface area contributed by atoms with Gasteiger partial charge in [0.25, 0.3) is 5.91 Å². The molecule has 0 aromatic heterocycles. The van der Waals surface area contributed by atoms with E-state index in [-0.39, 0.29) is 10.7 Å². The van der Waals surface area contributed by atoms with Gasteiger partial charge in [-0.05, 0) is 29.3 Å². The Bertz CT molecular complexity index is 1120. The van der Waals surface area contributed by atoms with Crippen LogP contribution in [-0.2, 0) is 15.1 Å². The molecule has 1 fully saturated rings. The molecule has 4 amide bonds. The molecule has 6 nitrogen and oxygen atoms in total. The Labute approximate surface area is 182 Å². The number of carbonyl (C=O) groups is 3. The molecule has 8 heteroatoms. The van der Waals surface area contributed by atoms with E-state index in [0.29, 0.717) is 11.1 Å². The molecule has 0 aliphatic carbocycles. The van der Waals surface area contributed by atoms with Gasteiger partial charge in [-0.25, -0.2) is 9.18 Å². The summed E-state index contributed by atoms with van der Waals surface area (Å²) in [5.74, 6) is -1.77. The molecular weight excluding hydrogens is 421 g/mol. The highest BCUT2D eigenvalue weighted by molar-refractivity contribution is 6.33. The number of rotatable bonds is 5. The molecule has 1 heterocycles. The van der Waals surface area contributed by atoms with Gasteiger partial charge in [-0.3, -0.25) is 14.5 Å². The van der Waals surface area contributed by atoms with E-state index in [2.05, 4.69) is 10.6 Å². The lowest BCUT2D eigenvalue weighted by atomic mass is 9.82. The second kappa shape index (κ2) is 8.20. The summed E-state index contributed by atoms with van der Waals surface area (Å²) >= 11 is 5.94. The number of anilines is 1. The minimum atomic E-state index is -1.45. The first-order valence-electron chi connectivity index (χ1n) is 9.42. The van der Waals surface area contributed by atoms with Crippen LogP contribution in [0.25, 0.3) is 0 Å². The van der Waals surface area contributed by atoms with Crippen LogP contribution >= 0.6 is 11.6 Å². The summed E-state index contributed by atoms with van der Waals surface area (Å²) in [7, 11) is 0. The third-order valence-corrected chi connectivity index (χ3v) is 5.34. The summed E-state index contributed by atoms with van der Waals surface area (Å²) in [5.41, 5.74) is -0.126. The van der Waals surface area contributed by atoms with E-state index in [9.17, 15) is 18.8 Å². The number of halogens is 2. The van der Waals surface area contributed by atoms with Crippen molar-refractivity contribution in [2.24, 2.45) is 0 Å². The third-order valence-electron chi connectivity index (χ3n) is 5.03. The number of hydrogen-bond acceptors (Lipinski definition) is 3. The van der Waals surface area contributed by atoms with Crippen molar-refractivity contribution in [1.82, 2.24) is 10.2 Å². The van der Waals surface area contributed by atoms with Crippen LogP contribution in [0.5, 0.6) is 0 Å². The topological polar surface area (TPSA) is 78.5 Å². The van der Waals surface area contributed by atoms with Gasteiger partial charge in [0.05, 0.1) is 10.7 Å². The molecule has 0 saturated carbocycles. The molecule has 31 heavy (non-hydrogen) atoms. The SMILES string of the molecule is O=C(CN1C(=O)NC(c2ccccc2)(c2ccccc2)C1=O)Nc1ccc(F)cc1Cl. The van der Waals surface area contributed by atoms with Gasteiger partial charge in [0, 0.05) is 0 Å². The second-order valence-corrected chi connectivity index (χ2v) is 7.38. The molecular formula is C23H17ClFN3O3. The average Bonchev–Trinajstić information content (AvgIpc) is 3.02. The predicted molar refractivity (Wildman–Crippen MR) is 114 cm³/mol. The van der Waals surface area contributed by atoms with Crippen molar-refractivity contribution in [2.45, 2.75) is 5.54 Å². The highest BCUT2D eigenvalue weighted by Gasteiger charge is 2.54. The predicted octanol–water partition coefficient (Wildman–Crippen LogP) is 3.91. The van der Waals surface area contributed by atoms with Crippen LogP contribution in [0.15, 0.2) is 78.9 Å². The number of urea groups is 1. The van der Waals surface area contributed by atoms with Crippen molar-refractivity contribution in [1.29, 1.82) is 0 Å². The van der Waals surface area contributed by atoms with E-state index in [1.165, 1.54) is 6.07 Å². The first-order valence-corrected chi connectivity index (χ1v) is 9.79. The second-order valence-electron chi connectivity index (χ2n) is 6.98. The maximum absolute atomic E-state index is 13.5. The monoisotopic (exact) mass is 437 g/mol. The van der Waals surface area contributed by atoms with Crippen molar-refractivity contribution in [3.8, 4) is 0 Å². The van der Waals surface area contributed by atoms with Gasteiger partial charge >= 0.3 is 6.03 Å². The molecule has 1 aliphatic heterocycles. The Morgan fingerprint density at radius 3 is 2.10 bits per heavy atom. The third kappa shape index (κ3) is 3.75. The highest BCUT2D eigenvalue weighted by Crippen LogP contribution is 2.36. The molecule has 3 aromatic rings. The van der Waals surface area contributed by atoms with Crippen molar-refractivity contribution in [3.05, 3.63) is 101 Å². The van der Waals surface area contributed by atoms with Crippen LogP contribution in [0.1, 0.15) is 11.1 Å². The zero-order valence-electron chi connectivity index (χ0n) is 16.1. The van der Waals surface area contributed by atoms with Crippen LogP contribution in [0.4, 0.5) is 14.9 Å². The van der Waals surface area contributed by atoms with Crippen LogP contribution in [0, 0.1) is 5.82 Å². The van der Waals surface area contributed by atoms with Crippen molar-refractivity contribution >= 4 is 35.1 Å². The van der Waals surface area contributed by atoms with E-state index >= 15 is 0 Å². The molecule has 1 aliphatic rings. The number of amides is 4. The van der Waals surface area contributed by atoms with Gasteiger partial charge in [-0.15, -0.1) is 0 Å². The molecule has 0 atom stereocenters. The van der Waals surface area contributed by atoms with E-state index in [4.69, 9.17) is 11.6 Å². The van der Waals surface area contributed by atoms with Crippen molar-refractivity contribution in [3.63, 3.8) is 0 Å². The van der Waals surface area contributed by atoms with E-state index in [0.717, 1.165) is 17.0 Å². The Balaban J connectivity index is 1.64. The van der Waals surface area contributed by atoms with Gasteiger partial charge in [0.1, 0.15) is 12.4 Å². The number of hydrogen-bond donors (Lipinski definition) is 2. The standard InChI is InChI=1S/C23H17ClFN3O3/c24-18-13-17(25)11-12-19(18)26-20(29)14-28-21(30)23(27-22(28)31,15-7-3-1-4-8-15)16-9-5-2-6-10-16/h1-13H,14H2,(H,26,29)(H,27,31). The molecule has 0 spiro atoms. The quantitative estimate of drug-likeness (QED) is 0.594. The number of nitrogens with zero attached hydrogens (tertiary/aromatic N) is 1. The fraction of sp³-hybridized carbons (Fsp3) is 0.0870. The molecule has 0 unspecified atom stereocenters. The number of nitrogens with one attached hydrogen (secondary N) is 2. The molecule has 2 N–H and O–H groups in total. The molecule has 0 bridgehead atoms. The van der Waals surface area contributed by atoms with Crippen molar-refractivity contribution < 1.29 is 18.8 Å². The van der Waals surface area contributed by atoms with Gasteiger partial charge in [0.2, 0.25) is 5.91 Å². The van der Waals surface area contributed by atoms with Crippen LogP contribution < -0.4 is 10.6 Å². The Hall–Kier alpha value is -3.71. The molecule has 156 valence electrons. The minimum Gasteiger partial charge on any atom is -0.323 e. The zero-order chi connectivity index (χ0) is 22.0. The van der Waals surface area contributed by atoms with E-state index in [1.54, 1.807) is 60.7 Å². The summed E-state index contributed by atoms with van der Waals surface area (Å²) < 4.78 is 13.2. The van der Waals surface area contributed by atoms with Gasteiger partial charge in [-0.2, -0.15) is 0 Å². The Morgan fingerprint density at radius 1 is 0.968 bits per heavy atom. The molecule has 1 saturated heterocycles. The lowest BCUT2D eigenvalue weighted by Crippen LogP contribution is -2.45. The smallest absolute Gasteiger partial charge is 0.323 e. The summed E-state index contributed by atoms with van der Waals surface area (Å²) in [6, 6.07) is 20.5. The lowest BCUT2D eigenvalue weighted by Gasteiger charge is -2.28. The zero-order valence-corrected chi connectivity index (χ0v) is 16.9. The summed E-state index contributed by atoms with van der Waals surface area (Å²) in [6.07, 6.45) is 0. The maximum Gasteiger partial charge on any atom is 0.326 e. The lowest BCUT2D eigenvalue weighted by molar-refractivity contribution is -0.133. The normalized spacial score (nSPS) is 15.0. The molecule has 3 aromatic carbocycles. The Morgan fingerprint density at radius 2 is 1.55 bits per heavy atom. The molecule has 0 radical (unpaired) electrons. The number of imide groups is 1. The summed E-state index contributed by atoms with van der Waals surface area (Å²) in [4.78, 5) is 39.7. The van der Waals surface area contributed by atoms with Gasteiger partial charge in [0.15, 0.2) is 5.54 Å². The van der Waals surface area contributed by atoms with Crippen molar-refractivity contribution in [2.75, 3.05) is 11.9 Å².